The number of hydrogen-bond donors (Lipinski definition) is 0. The molecule has 0 atom stereocenters. The van der Waals surface area contributed by atoms with Gasteiger partial charge >= 0.3 is 6.98 Å². The topological polar surface area (TPSA) is 77.6 Å². The van der Waals surface area contributed by atoms with Gasteiger partial charge in [0.2, 0.25) is 5.95 Å². The predicted molar refractivity (Wildman–Crippen MR) is 197 cm³/mol. The molecule has 49 heavy (non-hydrogen) atoms. The number of rotatable bonds is 4. The standard InChI is InChI=1S/C40H27BN8/c1-26-24-25-27-14-8-9-19-30(27)35(26)41-48-38(31-20-10-12-22-33(31)45-48)47(39-32-21-11-13-23-34(32)46-49(39)41)40-43-36(28-15-4-2-5-16-28)42-37(44-40)29-17-6-3-7-18-29/h2-25H,1H3. The average Bonchev–Trinajstić information content (AvgIpc) is 3.74. The predicted octanol–water partition coefficient (Wildman–Crippen LogP) is 7.94. The molecular formula is C40H27BN8. The fourth-order valence-corrected chi connectivity index (χ4v) is 7.14. The quantitative estimate of drug-likeness (QED) is 0.184. The maximum atomic E-state index is 5.31. The molecule has 0 N–H and O–H groups in total. The van der Waals surface area contributed by atoms with Crippen LogP contribution in [-0.2, 0) is 0 Å². The third kappa shape index (κ3) is 4.22. The summed E-state index contributed by atoms with van der Waals surface area (Å²) in [5.41, 5.74) is 5.86. The summed E-state index contributed by atoms with van der Waals surface area (Å²) < 4.78 is 4.21. The number of nitrogens with zero attached hydrogens (tertiary/aromatic N) is 8. The van der Waals surface area contributed by atoms with Gasteiger partial charge in [0.15, 0.2) is 11.6 Å². The van der Waals surface area contributed by atoms with Gasteiger partial charge in [-0.15, -0.1) is 0 Å². The molecule has 4 heterocycles. The lowest BCUT2D eigenvalue weighted by atomic mass is 9.63. The smallest absolute Gasteiger partial charge is 0.263 e. The lowest BCUT2D eigenvalue weighted by Gasteiger charge is -2.33. The van der Waals surface area contributed by atoms with Crippen LogP contribution in [0.25, 0.3) is 55.4 Å². The summed E-state index contributed by atoms with van der Waals surface area (Å²) in [6, 6.07) is 49.6. The van der Waals surface area contributed by atoms with Crippen molar-refractivity contribution in [3.63, 3.8) is 0 Å². The number of aryl methyl sites for hydroxylation is 1. The van der Waals surface area contributed by atoms with Gasteiger partial charge in [-0.3, -0.25) is 9.19 Å². The Kier molecular flexibility index (Phi) is 6.01. The fraction of sp³-hybridized carbons (Fsp3) is 0.0250. The summed E-state index contributed by atoms with van der Waals surface area (Å²) in [5.74, 6) is 3.40. The molecule has 1 aliphatic heterocycles. The molecule has 0 amide bonds. The number of aromatic nitrogens is 7. The van der Waals surface area contributed by atoms with Crippen LogP contribution in [0.1, 0.15) is 5.56 Å². The molecule has 1 aliphatic rings. The minimum Gasteiger partial charge on any atom is -0.263 e. The molecule has 9 aromatic rings. The van der Waals surface area contributed by atoms with Crippen LogP contribution in [0.2, 0.25) is 0 Å². The highest BCUT2D eigenvalue weighted by Gasteiger charge is 2.43. The summed E-state index contributed by atoms with van der Waals surface area (Å²) in [6.07, 6.45) is 0. The average molecular weight is 631 g/mol. The summed E-state index contributed by atoms with van der Waals surface area (Å²) >= 11 is 0. The lowest BCUT2D eigenvalue weighted by molar-refractivity contribution is 0.824. The van der Waals surface area contributed by atoms with Crippen molar-refractivity contribution in [2.24, 2.45) is 0 Å². The molecule has 9 heteroatoms. The Balaban J connectivity index is 1.34. The molecule has 0 bridgehead atoms. The third-order valence-corrected chi connectivity index (χ3v) is 9.38. The number of benzene rings is 6. The Labute approximate surface area is 282 Å². The highest BCUT2D eigenvalue weighted by molar-refractivity contribution is 6.74. The van der Waals surface area contributed by atoms with Crippen molar-refractivity contribution in [2.45, 2.75) is 6.92 Å². The first-order valence-electron chi connectivity index (χ1n) is 16.3. The van der Waals surface area contributed by atoms with Gasteiger partial charge in [0.25, 0.3) is 0 Å². The zero-order chi connectivity index (χ0) is 32.5. The summed E-state index contributed by atoms with van der Waals surface area (Å²) in [7, 11) is 0. The minimum atomic E-state index is -0.379. The monoisotopic (exact) mass is 630 g/mol. The second-order valence-electron chi connectivity index (χ2n) is 12.3. The summed E-state index contributed by atoms with van der Waals surface area (Å²) in [5, 5.41) is 14.9. The van der Waals surface area contributed by atoms with E-state index in [1.807, 2.05) is 72.8 Å². The molecule has 8 nitrogen and oxygen atoms in total. The first-order valence-corrected chi connectivity index (χ1v) is 16.3. The van der Waals surface area contributed by atoms with E-state index < -0.39 is 0 Å². The number of anilines is 3. The molecule has 0 spiro atoms. The molecule has 0 unspecified atom stereocenters. The third-order valence-electron chi connectivity index (χ3n) is 9.38. The van der Waals surface area contributed by atoms with Gasteiger partial charge in [-0.1, -0.05) is 127 Å². The van der Waals surface area contributed by atoms with E-state index >= 15 is 0 Å². The molecule has 0 radical (unpaired) electrons. The van der Waals surface area contributed by atoms with Crippen molar-refractivity contribution < 1.29 is 0 Å². The van der Waals surface area contributed by atoms with Gasteiger partial charge in [-0.2, -0.15) is 20.2 Å². The zero-order valence-electron chi connectivity index (χ0n) is 26.5. The Morgan fingerprint density at radius 2 is 0.959 bits per heavy atom. The van der Waals surface area contributed by atoms with E-state index in [9.17, 15) is 0 Å². The molecule has 230 valence electrons. The Hall–Kier alpha value is -6.61. The van der Waals surface area contributed by atoms with Crippen LogP contribution in [0, 0.1) is 6.92 Å². The highest BCUT2D eigenvalue weighted by atomic mass is 15.5. The molecule has 0 fully saturated rings. The van der Waals surface area contributed by atoms with Crippen molar-refractivity contribution in [3.05, 3.63) is 151 Å². The van der Waals surface area contributed by atoms with Crippen molar-refractivity contribution in [1.29, 1.82) is 0 Å². The lowest BCUT2D eigenvalue weighted by Crippen LogP contribution is -2.52. The van der Waals surface area contributed by atoms with Gasteiger partial charge in [0, 0.05) is 21.9 Å². The maximum Gasteiger partial charge on any atom is 0.458 e. The Morgan fingerprint density at radius 1 is 0.469 bits per heavy atom. The van der Waals surface area contributed by atoms with Crippen molar-refractivity contribution in [2.75, 3.05) is 4.90 Å². The fourth-order valence-electron chi connectivity index (χ4n) is 7.14. The van der Waals surface area contributed by atoms with Crippen molar-refractivity contribution in [3.8, 4) is 22.8 Å². The van der Waals surface area contributed by atoms with Crippen LogP contribution in [0.15, 0.2) is 146 Å². The van der Waals surface area contributed by atoms with Crippen LogP contribution in [0.3, 0.4) is 0 Å². The van der Waals surface area contributed by atoms with E-state index in [1.54, 1.807) is 0 Å². The second kappa shape index (κ2) is 10.7. The first kappa shape index (κ1) is 27.5. The van der Waals surface area contributed by atoms with Crippen LogP contribution in [-0.4, -0.2) is 41.3 Å². The largest absolute Gasteiger partial charge is 0.458 e. The highest BCUT2D eigenvalue weighted by Crippen LogP contribution is 2.45. The Morgan fingerprint density at radius 3 is 1.53 bits per heavy atom. The van der Waals surface area contributed by atoms with Crippen molar-refractivity contribution in [1.82, 2.24) is 34.3 Å². The normalized spacial score (nSPS) is 12.5. The molecule has 0 aliphatic carbocycles. The van der Waals surface area contributed by atoms with Crippen LogP contribution >= 0.6 is 0 Å². The van der Waals surface area contributed by atoms with E-state index in [-0.39, 0.29) is 6.98 Å². The zero-order valence-corrected chi connectivity index (χ0v) is 26.5. The van der Waals surface area contributed by atoms with Gasteiger partial charge in [-0.25, -0.2) is 9.88 Å². The summed E-state index contributed by atoms with van der Waals surface area (Å²) in [4.78, 5) is 17.5. The van der Waals surface area contributed by atoms with Crippen LogP contribution in [0.5, 0.6) is 0 Å². The second-order valence-corrected chi connectivity index (χ2v) is 12.3. The molecule has 10 rings (SSSR count). The minimum absolute atomic E-state index is 0.379. The molecule has 0 saturated heterocycles. The molecule has 3 aromatic heterocycles. The van der Waals surface area contributed by atoms with Gasteiger partial charge in [0.05, 0.1) is 11.0 Å². The van der Waals surface area contributed by atoms with Gasteiger partial charge < -0.3 is 0 Å². The molecule has 6 aromatic carbocycles. The van der Waals surface area contributed by atoms with Crippen LogP contribution in [0.4, 0.5) is 17.6 Å². The van der Waals surface area contributed by atoms with Crippen LogP contribution < -0.4 is 10.4 Å². The SMILES string of the molecule is Cc1ccc2ccccc2c1B1n2nc3ccccc3c2N(c2nc(-c3ccccc3)nc(-c3ccccc3)n2)c2c3ccccc3nn21. The van der Waals surface area contributed by atoms with E-state index in [1.165, 1.54) is 5.39 Å². The number of fused-ring (bicyclic) bond motifs is 7. The molecular weight excluding hydrogens is 603 g/mol. The van der Waals surface area contributed by atoms with E-state index in [0.29, 0.717) is 17.6 Å². The number of hydrogen-bond acceptors (Lipinski definition) is 6. The van der Waals surface area contributed by atoms with E-state index in [4.69, 9.17) is 25.1 Å². The van der Waals surface area contributed by atoms with Crippen molar-refractivity contribution >= 4 is 62.6 Å². The van der Waals surface area contributed by atoms with E-state index in [0.717, 1.165) is 61.0 Å². The summed E-state index contributed by atoms with van der Waals surface area (Å²) in [6.45, 7) is 1.79. The van der Waals surface area contributed by atoms with Gasteiger partial charge in [-0.05, 0) is 47.4 Å². The first-order chi connectivity index (χ1) is 24.2. The Bertz CT molecular complexity index is 2560. The van der Waals surface area contributed by atoms with Gasteiger partial charge in [0.1, 0.15) is 11.6 Å². The maximum absolute atomic E-state index is 5.31. The van der Waals surface area contributed by atoms with E-state index in [2.05, 4.69) is 93.8 Å². The molecule has 0 saturated carbocycles.